The second-order valence-electron chi connectivity index (χ2n) is 2.10. The highest BCUT2D eigenvalue weighted by molar-refractivity contribution is 5.71. The predicted molar refractivity (Wildman–Crippen MR) is 42.9 cm³/mol. The van der Waals surface area contributed by atoms with Crippen LogP contribution in [0.3, 0.4) is 0 Å². The summed E-state index contributed by atoms with van der Waals surface area (Å²) in [6.07, 6.45) is 0. The van der Waals surface area contributed by atoms with Crippen LogP contribution >= 0.6 is 0 Å². The number of carbonyl (C=O) groups is 1. The van der Waals surface area contributed by atoms with Crippen LogP contribution < -0.4 is 5.43 Å². The molecule has 0 bridgehead atoms. The Morgan fingerprint density at radius 2 is 2.18 bits per heavy atom. The highest BCUT2D eigenvalue weighted by Gasteiger charge is 2.06. The third kappa shape index (κ3) is 4.75. The van der Waals surface area contributed by atoms with E-state index in [0.29, 0.717) is 6.54 Å². The molecule has 4 nitrogen and oxygen atoms in total. The lowest BCUT2D eigenvalue weighted by molar-refractivity contribution is -0.142. The van der Waals surface area contributed by atoms with Gasteiger partial charge in [-0.2, -0.15) is 0 Å². The molecule has 4 heteroatoms. The molecule has 0 heterocycles. The van der Waals surface area contributed by atoms with Crippen molar-refractivity contribution in [3.63, 3.8) is 0 Å². The third-order valence-corrected chi connectivity index (χ3v) is 1.31. The maximum absolute atomic E-state index is 10.8. The van der Waals surface area contributed by atoms with Crippen LogP contribution in [0.4, 0.5) is 0 Å². The number of hydrogen-bond donors (Lipinski definition) is 1. The molecule has 0 amide bonds. The second-order valence-corrected chi connectivity index (χ2v) is 2.10. The fourth-order valence-corrected chi connectivity index (χ4v) is 0.724. The highest BCUT2D eigenvalue weighted by Crippen LogP contribution is 1.82. The van der Waals surface area contributed by atoms with Crippen LogP contribution in [0.25, 0.3) is 0 Å². The minimum atomic E-state index is -0.215. The van der Waals surface area contributed by atoms with Crippen LogP contribution in [0.2, 0.25) is 0 Å². The number of nitrogens with one attached hydrogen (secondary N) is 1. The zero-order chi connectivity index (χ0) is 8.69. The normalized spacial score (nSPS) is 10.2. The molecule has 0 fully saturated rings. The molecule has 0 spiro atoms. The summed E-state index contributed by atoms with van der Waals surface area (Å²) < 4.78 is 4.51. The monoisotopic (exact) mass is 160 g/mol. The maximum Gasteiger partial charge on any atom is 0.321 e. The molecule has 0 aliphatic heterocycles. The van der Waals surface area contributed by atoms with Crippen molar-refractivity contribution in [1.29, 1.82) is 0 Å². The van der Waals surface area contributed by atoms with E-state index < -0.39 is 0 Å². The van der Waals surface area contributed by atoms with E-state index in [9.17, 15) is 4.79 Å². The van der Waals surface area contributed by atoms with E-state index in [-0.39, 0.29) is 5.97 Å². The van der Waals surface area contributed by atoms with Crippen molar-refractivity contribution < 1.29 is 9.53 Å². The molecule has 0 unspecified atom stereocenters. The largest absolute Gasteiger partial charge is 0.468 e. The van der Waals surface area contributed by atoms with Gasteiger partial charge in [0.2, 0.25) is 0 Å². The Morgan fingerprint density at radius 1 is 1.55 bits per heavy atom. The minimum Gasteiger partial charge on any atom is -0.468 e. The molecule has 66 valence electrons. The highest BCUT2D eigenvalue weighted by atomic mass is 16.5. The predicted octanol–water partition coefficient (Wildman–Crippen LogP) is 0.00580. The molecule has 0 aromatic carbocycles. The van der Waals surface area contributed by atoms with Gasteiger partial charge in [-0.15, -0.1) is 0 Å². The summed E-state index contributed by atoms with van der Waals surface area (Å²) in [4.78, 5) is 10.8. The summed E-state index contributed by atoms with van der Waals surface area (Å²) in [6.45, 7) is 5.89. The third-order valence-electron chi connectivity index (χ3n) is 1.31. The number of carbonyl (C=O) groups excluding carboxylic acids is 1. The van der Waals surface area contributed by atoms with Gasteiger partial charge in [-0.3, -0.25) is 10.2 Å². The van der Waals surface area contributed by atoms with Crippen LogP contribution in [-0.2, 0) is 9.53 Å². The summed E-state index contributed by atoms with van der Waals surface area (Å²) >= 11 is 0. The Hall–Kier alpha value is -0.610. The topological polar surface area (TPSA) is 41.6 Å². The quantitative estimate of drug-likeness (QED) is 0.454. The number of likely N-dealkylation sites (N-methyl/N-ethyl adjacent to an activating group) is 1. The number of methoxy groups -OCH3 is 1. The number of nitrogens with zero attached hydrogens (tertiary/aromatic N) is 1. The number of hydrogen-bond acceptors (Lipinski definition) is 4. The summed E-state index contributed by atoms with van der Waals surface area (Å²) in [5, 5.41) is 1.81. The Balaban J connectivity index is 3.58. The van der Waals surface area contributed by atoms with Gasteiger partial charge in [0, 0.05) is 13.1 Å². The maximum atomic E-state index is 10.8. The van der Waals surface area contributed by atoms with Crippen molar-refractivity contribution in [2.75, 3.05) is 26.7 Å². The van der Waals surface area contributed by atoms with Gasteiger partial charge in [0.05, 0.1) is 7.11 Å². The van der Waals surface area contributed by atoms with Crippen molar-refractivity contribution >= 4 is 5.97 Å². The zero-order valence-electron chi connectivity index (χ0n) is 7.39. The van der Waals surface area contributed by atoms with Gasteiger partial charge < -0.3 is 4.74 Å². The first-order valence-corrected chi connectivity index (χ1v) is 3.79. The van der Waals surface area contributed by atoms with Crippen LogP contribution in [0.1, 0.15) is 13.8 Å². The van der Waals surface area contributed by atoms with Crippen molar-refractivity contribution in [3.05, 3.63) is 0 Å². The lowest BCUT2D eigenvalue weighted by Crippen LogP contribution is -2.41. The summed E-state index contributed by atoms with van der Waals surface area (Å²) in [6, 6.07) is 0. The standard InChI is InChI=1S/C7H16N2O2/c1-4-8-9(5-2)6-7(10)11-3/h8H,4-6H2,1-3H3. The lowest BCUT2D eigenvalue weighted by atomic mass is 10.6. The van der Waals surface area contributed by atoms with Crippen LogP contribution in [0.15, 0.2) is 0 Å². The molecule has 0 aliphatic carbocycles. The fourth-order valence-electron chi connectivity index (χ4n) is 0.724. The minimum absolute atomic E-state index is 0.215. The zero-order valence-corrected chi connectivity index (χ0v) is 7.39. The molecule has 0 aliphatic rings. The average molecular weight is 160 g/mol. The Labute approximate surface area is 67.5 Å². The second kappa shape index (κ2) is 6.12. The van der Waals surface area contributed by atoms with Crippen molar-refractivity contribution in [2.45, 2.75) is 13.8 Å². The van der Waals surface area contributed by atoms with Gasteiger partial charge >= 0.3 is 5.97 Å². The van der Waals surface area contributed by atoms with E-state index >= 15 is 0 Å². The molecule has 0 aromatic rings. The van der Waals surface area contributed by atoms with Gasteiger partial charge in [-0.25, -0.2) is 5.01 Å². The average Bonchev–Trinajstić information content (AvgIpc) is 2.03. The first-order chi connectivity index (χ1) is 5.24. The lowest BCUT2D eigenvalue weighted by Gasteiger charge is -2.18. The first-order valence-electron chi connectivity index (χ1n) is 3.79. The molecule has 0 saturated heterocycles. The molecule has 0 atom stereocenters. The number of esters is 1. The summed E-state index contributed by atoms with van der Waals surface area (Å²) in [5.41, 5.74) is 3.03. The SMILES string of the molecule is CCNN(CC)CC(=O)OC. The Kier molecular flexibility index (Phi) is 5.78. The van der Waals surface area contributed by atoms with E-state index in [1.54, 1.807) is 0 Å². The fraction of sp³-hybridized carbons (Fsp3) is 0.857. The van der Waals surface area contributed by atoms with Crippen molar-refractivity contribution in [2.24, 2.45) is 0 Å². The van der Waals surface area contributed by atoms with E-state index in [1.807, 2.05) is 18.9 Å². The molecule has 0 rings (SSSR count). The van der Waals surface area contributed by atoms with Gasteiger partial charge in [-0.1, -0.05) is 13.8 Å². The van der Waals surface area contributed by atoms with Crippen LogP contribution in [0.5, 0.6) is 0 Å². The van der Waals surface area contributed by atoms with E-state index in [0.717, 1.165) is 13.1 Å². The molecular weight excluding hydrogens is 144 g/mol. The molecule has 0 aromatic heterocycles. The van der Waals surface area contributed by atoms with E-state index in [2.05, 4.69) is 10.2 Å². The Morgan fingerprint density at radius 3 is 2.55 bits per heavy atom. The molecule has 0 radical (unpaired) electrons. The molecule has 0 saturated carbocycles. The molecule has 11 heavy (non-hydrogen) atoms. The van der Waals surface area contributed by atoms with Crippen LogP contribution in [0, 0.1) is 0 Å². The van der Waals surface area contributed by atoms with E-state index in [4.69, 9.17) is 0 Å². The number of hydrazine groups is 1. The van der Waals surface area contributed by atoms with Gasteiger partial charge in [0.25, 0.3) is 0 Å². The van der Waals surface area contributed by atoms with E-state index in [1.165, 1.54) is 7.11 Å². The molecule has 1 N–H and O–H groups in total. The van der Waals surface area contributed by atoms with Crippen molar-refractivity contribution in [1.82, 2.24) is 10.4 Å². The van der Waals surface area contributed by atoms with Gasteiger partial charge in [0.15, 0.2) is 0 Å². The number of ether oxygens (including phenoxy) is 1. The number of rotatable bonds is 5. The smallest absolute Gasteiger partial charge is 0.321 e. The van der Waals surface area contributed by atoms with Crippen LogP contribution in [-0.4, -0.2) is 37.7 Å². The van der Waals surface area contributed by atoms with Crippen molar-refractivity contribution in [3.8, 4) is 0 Å². The Bertz CT molecular complexity index is 117. The summed E-state index contributed by atoms with van der Waals surface area (Å²) in [7, 11) is 1.39. The molecular formula is C7H16N2O2. The first kappa shape index (κ1) is 10.4. The summed E-state index contributed by atoms with van der Waals surface area (Å²) in [5.74, 6) is -0.215. The van der Waals surface area contributed by atoms with Gasteiger partial charge in [0.1, 0.15) is 6.54 Å². The van der Waals surface area contributed by atoms with Gasteiger partial charge in [-0.05, 0) is 0 Å².